The molecule has 1 aliphatic heterocycles. The number of hydrogen-bond acceptors (Lipinski definition) is 4. The molecule has 0 aromatic heterocycles. The maximum atomic E-state index is 11.9. The molecule has 0 unspecified atom stereocenters. The first-order chi connectivity index (χ1) is 9.51. The van der Waals surface area contributed by atoms with Crippen LogP contribution in [0, 0.1) is 11.8 Å². The smallest absolute Gasteiger partial charge is 0.311 e. The van der Waals surface area contributed by atoms with Gasteiger partial charge in [-0.05, 0) is 25.1 Å². The van der Waals surface area contributed by atoms with Crippen LogP contribution in [0.4, 0.5) is 0 Å². The molecule has 0 bridgehead atoms. The highest BCUT2D eigenvalue weighted by Gasteiger charge is 2.42. The summed E-state index contributed by atoms with van der Waals surface area (Å²) in [6, 6.07) is 0. The van der Waals surface area contributed by atoms with Crippen molar-refractivity contribution in [3.8, 4) is 0 Å². The third-order valence-corrected chi connectivity index (χ3v) is 9.72. The fraction of sp³-hybridized carbons (Fsp3) is 0.938. The minimum Gasteiger partial charge on any atom is -0.462 e. The molecule has 0 aliphatic carbocycles. The fourth-order valence-electron chi connectivity index (χ4n) is 2.55. The number of methoxy groups -OCH3 is 1. The molecule has 4 atom stereocenters. The summed E-state index contributed by atoms with van der Waals surface area (Å²) in [7, 11) is -0.0729. The zero-order valence-corrected chi connectivity index (χ0v) is 15.9. The predicted molar refractivity (Wildman–Crippen MR) is 86.8 cm³/mol. The van der Waals surface area contributed by atoms with Gasteiger partial charge < -0.3 is 13.9 Å². The summed E-state index contributed by atoms with van der Waals surface area (Å²) in [5, 5.41) is 0.200. The second-order valence-electron chi connectivity index (χ2n) is 7.72. The Kier molecular flexibility index (Phi) is 6.04. The topological polar surface area (TPSA) is 44.8 Å². The van der Waals surface area contributed by atoms with Gasteiger partial charge in [0.25, 0.3) is 0 Å². The number of esters is 1. The van der Waals surface area contributed by atoms with Crippen LogP contribution >= 0.6 is 0 Å². The molecule has 0 radical (unpaired) electrons. The zero-order chi connectivity index (χ0) is 16.4. The SMILES string of the molecule is CO[C@H]1[C@H](C)[C@@H](CCO[Si](C)(C)C(C)(C)C)OC(=O)[C@@H]1C. The van der Waals surface area contributed by atoms with Gasteiger partial charge in [-0.15, -0.1) is 0 Å². The van der Waals surface area contributed by atoms with Crippen molar-refractivity contribution in [1.29, 1.82) is 0 Å². The minimum atomic E-state index is -1.74. The van der Waals surface area contributed by atoms with Gasteiger partial charge in [-0.2, -0.15) is 0 Å². The number of hydrogen-bond donors (Lipinski definition) is 0. The van der Waals surface area contributed by atoms with Crippen LogP contribution in [-0.4, -0.2) is 40.2 Å². The van der Waals surface area contributed by atoms with Gasteiger partial charge >= 0.3 is 5.97 Å². The first kappa shape index (κ1) is 18.7. The minimum absolute atomic E-state index is 0.0656. The molecule has 124 valence electrons. The summed E-state index contributed by atoms with van der Waals surface area (Å²) in [5.74, 6) is -0.148. The van der Waals surface area contributed by atoms with Gasteiger partial charge in [-0.3, -0.25) is 4.79 Å². The number of cyclic esters (lactones) is 1. The monoisotopic (exact) mass is 316 g/mol. The lowest BCUT2D eigenvalue weighted by atomic mass is 9.85. The van der Waals surface area contributed by atoms with E-state index in [4.69, 9.17) is 13.9 Å². The lowest BCUT2D eigenvalue weighted by Crippen LogP contribution is -2.48. The standard InChI is InChI=1S/C16H32O4Si/c1-11-13(20-15(17)12(2)14(11)18-6)9-10-19-21(7,8)16(3,4)5/h11-14H,9-10H2,1-8H3/t11-,12-,13-,14+/m1/s1. The van der Waals surface area contributed by atoms with Crippen LogP contribution < -0.4 is 0 Å². The van der Waals surface area contributed by atoms with E-state index in [0.29, 0.717) is 6.61 Å². The van der Waals surface area contributed by atoms with Crippen LogP contribution in [-0.2, 0) is 18.7 Å². The zero-order valence-electron chi connectivity index (χ0n) is 14.9. The van der Waals surface area contributed by atoms with Crippen molar-refractivity contribution in [2.75, 3.05) is 13.7 Å². The molecule has 0 saturated carbocycles. The van der Waals surface area contributed by atoms with Gasteiger partial charge in [0.05, 0.1) is 12.0 Å². The summed E-state index contributed by atoms with van der Waals surface area (Å²) in [6.45, 7) is 15.8. The third-order valence-electron chi connectivity index (χ3n) is 5.18. The lowest BCUT2D eigenvalue weighted by molar-refractivity contribution is -0.181. The molecule has 0 aromatic carbocycles. The van der Waals surface area contributed by atoms with Gasteiger partial charge in [0.1, 0.15) is 6.10 Å². The van der Waals surface area contributed by atoms with Crippen molar-refractivity contribution in [1.82, 2.24) is 0 Å². The molecule has 1 heterocycles. The maximum Gasteiger partial charge on any atom is 0.311 e. The Morgan fingerprint density at radius 3 is 2.29 bits per heavy atom. The molecule has 1 saturated heterocycles. The second-order valence-corrected chi connectivity index (χ2v) is 12.5. The lowest BCUT2D eigenvalue weighted by Gasteiger charge is -2.40. The van der Waals surface area contributed by atoms with E-state index in [9.17, 15) is 4.79 Å². The van der Waals surface area contributed by atoms with E-state index in [1.165, 1.54) is 0 Å². The van der Waals surface area contributed by atoms with E-state index >= 15 is 0 Å². The molecule has 1 rings (SSSR count). The molecule has 0 spiro atoms. The Morgan fingerprint density at radius 2 is 1.81 bits per heavy atom. The molecule has 4 nitrogen and oxygen atoms in total. The van der Waals surface area contributed by atoms with Crippen LogP contribution in [0.25, 0.3) is 0 Å². The van der Waals surface area contributed by atoms with Crippen LogP contribution in [0.15, 0.2) is 0 Å². The first-order valence-corrected chi connectivity index (χ1v) is 10.8. The second kappa shape index (κ2) is 6.80. The van der Waals surface area contributed by atoms with Gasteiger partial charge in [0.15, 0.2) is 8.32 Å². The Hall–Kier alpha value is -0.393. The van der Waals surface area contributed by atoms with E-state index in [1.54, 1.807) is 7.11 Å². The van der Waals surface area contributed by atoms with Crippen LogP contribution in [0.5, 0.6) is 0 Å². The molecule has 5 heteroatoms. The maximum absolute atomic E-state index is 11.9. The quantitative estimate of drug-likeness (QED) is 0.574. The largest absolute Gasteiger partial charge is 0.462 e. The summed E-state index contributed by atoms with van der Waals surface area (Å²) in [4.78, 5) is 11.9. The van der Waals surface area contributed by atoms with E-state index in [1.807, 2.05) is 6.92 Å². The predicted octanol–water partition coefficient (Wildman–Crippen LogP) is 3.61. The summed E-state index contributed by atoms with van der Waals surface area (Å²) >= 11 is 0. The van der Waals surface area contributed by atoms with Crippen molar-refractivity contribution < 1.29 is 18.7 Å². The molecule has 21 heavy (non-hydrogen) atoms. The average Bonchev–Trinajstić information content (AvgIpc) is 2.34. The van der Waals surface area contributed by atoms with Crippen molar-refractivity contribution >= 4 is 14.3 Å². The number of carbonyl (C=O) groups excluding carboxylic acids is 1. The van der Waals surface area contributed by atoms with E-state index in [-0.39, 0.29) is 35.1 Å². The van der Waals surface area contributed by atoms with E-state index < -0.39 is 8.32 Å². The molecule has 0 N–H and O–H groups in total. The van der Waals surface area contributed by atoms with E-state index in [2.05, 4.69) is 40.8 Å². The first-order valence-electron chi connectivity index (χ1n) is 7.88. The van der Waals surface area contributed by atoms with Gasteiger partial charge in [0.2, 0.25) is 0 Å². The fourth-order valence-corrected chi connectivity index (χ4v) is 3.61. The van der Waals surface area contributed by atoms with Crippen molar-refractivity contribution in [2.24, 2.45) is 11.8 Å². The van der Waals surface area contributed by atoms with Crippen LogP contribution in [0.2, 0.25) is 18.1 Å². The van der Waals surface area contributed by atoms with Gasteiger partial charge in [-0.1, -0.05) is 27.7 Å². The number of rotatable bonds is 5. The highest BCUT2D eigenvalue weighted by molar-refractivity contribution is 6.74. The van der Waals surface area contributed by atoms with Crippen LogP contribution in [0.3, 0.4) is 0 Å². The molecule has 0 aromatic rings. The highest BCUT2D eigenvalue weighted by Crippen LogP contribution is 2.37. The normalized spacial score (nSPS) is 31.1. The molecule has 1 fully saturated rings. The molecule has 1 aliphatic rings. The van der Waals surface area contributed by atoms with Crippen molar-refractivity contribution in [3.05, 3.63) is 0 Å². The van der Waals surface area contributed by atoms with Gasteiger partial charge in [0, 0.05) is 26.1 Å². The van der Waals surface area contributed by atoms with Gasteiger partial charge in [-0.25, -0.2) is 0 Å². The molecular weight excluding hydrogens is 284 g/mol. The Labute approximate surface area is 130 Å². The summed E-state index contributed by atoms with van der Waals surface area (Å²) in [5.41, 5.74) is 0. The number of ether oxygens (including phenoxy) is 2. The van der Waals surface area contributed by atoms with Crippen molar-refractivity contribution in [3.63, 3.8) is 0 Å². The van der Waals surface area contributed by atoms with E-state index in [0.717, 1.165) is 6.42 Å². The molecular formula is C16H32O4Si. The Bertz CT molecular complexity index is 362. The van der Waals surface area contributed by atoms with Crippen molar-refractivity contribution in [2.45, 2.75) is 71.4 Å². The summed E-state index contributed by atoms with van der Waals surface area (Å²) < 4.78 is 17.2. The average molecular weight is 317 g/mol. The Morgan fingerprint density at radius 1 is 1.24 bits per heavy atom. The van der Waals surface area contributed by atoms with Crippen LogP contribution in [0.1, 0.15) is 41.0 Å². The Balaban J connectivity index is 2.57. The summed E-state index contributed by atoms with van der Waals surface area (Å²) in [6.07, 6.45) is 0.568. The molecule has 0 amide bonds. The number of carbonyl (C=O) groups is 1. The highest BCUT2D eigenvalue weighted by atomic mass is 28.4. The third kappa shape index (κ3) is 4.30.